The Hall–Kier alpha value is -1.90. The van der Waals surface area contributed by atoms with Gasteiger partial charge in [-0.15, -0.1) is 0 Å². The summed E-state index contributed by atoms with van der Waals surface area (Å²) in [5.74, 6) is 4.19. The number of nitrogens with zero attached hydrogens (tertiary/aromatic N) is 2. The molecule has 0 bridgehead atoms. The molecule has 0 amide bonds. The van der Waals surface area contributed by atoms with Gasteiger partial charge in [-0.1, -0.05) is 114 Å². The summed E-state index contributed by atoms with van der Waals surface area (Å²) in [4.78, 5) is 9.82. The van der Waals surface area contributed by atoms with Crippen molar-refractivity contribution in [3.63, 3.8) is 0 Å². The van der Waals surface area contributed by atoms with Crippen molar-refractivity contribution in [1.29, 1.82) is 0 Å². The maximum absolute atomic E-state index is 6.35. The Morgan fingerprint density at radius 1 is 0.771 bits per heavy atom. The molecule has 1 aromatic heterocycles. The van der Waals surface area contributed by atoms with Crippen molar-refractivity contribution in [2.24, 2.45) is 11.8 Å². The first-order valence-electron chi connectivity index (χ1n) is 14.9. The molecule has 192 valence electrons. The zero-order chi connectivity index (χ0) is 24.1. The molecule has 0 unspecified atom stereocenters. The molecule has 2 aliphatic rings. The molecule has 0 saturated heterocycles. The van der Waals surface area contributed by atoms with Gasteiger partial charge < -0.3 is 4.74 Å². The number of unbranched alkanes of at least 4 members (excludes halogenated alkanes) is 5. The molecule has 3 nitrogen and oxygen atoms in total. The zero-order valence-corrected chi connectivity index (χ0v) is 22.2. The highest BCUT2D eigenvalue weighted by Gasteiger charge is 2.26. The monoisotopic (exact) mass is 476 g/mol. The fourth-order valence-corrected chi connectivity index (χ4v) is 6.29. The van der Waals surface area contributed by atoms with Crippen molar-refractivity contribution in [3.05, 3.63) is 42.2 Å². The highest BCUT2D eigenvalue weighted by Crippen LogP contribution is 2.40. The number of ether oxygens (including phenoxy) is 1. The van der Waals surface area contributed by atoms with Crippen LogP contribution in [0.1, 0.15) is 128 Å². The molecule has 1 heterocycles. The van der Waals surface area contributed by atoms with Crippen LogP contribution in [0.3, 0.4) is 0 Å². The molecule has 0 N–H and O–H groups in total. The topological polar surface area (TPSA) is 35.0 Å². The molecule has 35 heavy (non-hydrogen) atoms. The predicted molar refractivity (Wildman–Crippen MR) is 147 cm³/mol. The van der Waals surface area contributed by atoms with Crippen molar-refractivity contribution >= 4 is 0 Å². The van der Waals surface area contributed by atoms with Crippen LogP contribution in [-0.4, -0.2) is 16.6 Å². The van der Waals surface area contributed by atoms with Crippen molar-refractivity contribution in [3.8, 4) is 17.1 Å². The van der Waals surface area contributed by atoms with E-state index in [1.165, 1.54) is 103 Å². The summed E-state index contributed by atoms with van der Waals surface area (Å²) in [6, 6.07) is 10.4. The summed E-state index contributed by atoms with van der Waals surface area (Å²) < 4.78 is 6.35. The maximum Gasteiger partial charge on any atom is 0.159 e. The van der Waals surface area contributed by atoms with Gasteiger partial charge in [0.1, 0.15) is 0 Å². The van der Waals surface area contributed by atoms with E-state index in [9.17, 15) is 0 Å². The molecule has 0 radical (unpaired) electrons. The van der Waals surface area contributed by atoms with Gasteiger partial charge in [0.15, 0.2) is 11.6 Å². The van der Waals surface area contributed by atoms with E-state index in [1.54, 1.807) is 0 Å². The van der Waals surface area contributed by atoms with Crippen LogP contribution in [0.25, 0.3) is 11.4 Å². The fourth-order valence-electron chi connectivity index (χ4n) is 6.29. The molecule has 4 rings (SSSR count). The number of aromatic nitrogens is 2. The quantitative estimate of drug-likeness (QED) is 0.255. The largest absolute Gasteiger partial charge is 0.490 e. The van der Waals surface area contributed by atoms with E-state index in [1.807, 2.05) is 6.20 Å². The average Bonchev–Trinajstić information content (AvgIpc) is 3.43. The fraction of sp³-hybridized carbons (Fsp3) is 0.688. The molecule has 3 heteroatoms. The summed E-state index contributed by atoms with van der Waals surface area (Å²) in [5, 5.41) is 0. The van der Waals surface area contributed by atoms with Gasteiger partial charge in [-0.2, -0.15) is 0 Å². The van der Waals surface area contributed by atoms with Gasteiger partial charge in [-0.25, -0.2) is 9.97 Å². The van der Waals surface area contributed by atoms with E-state index in [2.05, 4.69) is 37.3 Å². The summed E-state index contributed by atoms with van der Waals surface area (Å²) >= 11 is 0. The molecule has 0 spiro atoms. The third-order valence-corrected chi connectivity index (χ3v) is 8.50. The summed E-state index contributed by atoms with van der Waals surface area (Å²) in [6.45, 7) is 3.09. The van der Waals surface area contributed by atoms with E-state index >= 15 is 0 Å². The Balaban J connectivity index is 1.32. The van der Waals surface area contributed by atoms with Crippen LogP contribution in [0.4, 0.5) is 0 Å². The summed E-state index contributed by atoms with van der Waals surface area (Å²) in [7, 11) is 0. The Morgan fingerprint density at radius 2 is 1.46 bits per heavy atom. The van der Waals surface area contributed by atoms with Crippen molar-refractivity contribution in [1.82, 2.24) is 9.97 Å². The molecule has 2 saturated carbocycles. The molecule has 0 atom stereocenters. The SMILES string of the molecule is CCCCCCC1CCC(c2nc(-c3ccccc3)ncc2OCCCCCC2CCCC2)CC1. The number of rotatable bonds is 14. The standard InChI is InChI=1S/C32H48N2O/c1-2-3-4-7-15-27-20-22-28(23-21-27)31-30(25-33-32(34-31)29-18-9-5-10-19-29)35-24-13-6-8-14-26-16-11-12-17-26/h5,9-10,18-19,25-28H,2-4,6-8,11-17,20-24H2,1H3. The first-order chi connectivity index (χ1) is 17.3. The lowest BCUT2D eigenvalue weighted by Gasteiger charge is -2.29. The first kappa shape index (κ1) is 26.2. The van der Waals surface area contributed by atoms with Crippen LogP contribution in [0, 0.1) is 11.8 Å². The lowest BCUT2D eigenvalue weighted by molar-refractivity contribution is 0.274. The predicted octanol–water partition coefficient (Wildman–Crippen LogP) is 9.52. The van der Waals surface area contributed by atoms with Gasteiger partial charge >= 0.3 is 0 Å². The van der Waals surface area contributed by atoms with Gasteiger partial charge in [-0.05, 0) is 43.9 Å². The van der Waals surface area contributed by atoms with E-state index < -0.39 is 0 Å². The Bertz CT molecular complexity index is 838. The Kier molecular flexibility index (Phi) is 10.9. The molecule has 1 aromatic carbocycles. The minimum atomic E-state index is 0.504. The van der Waals surface area contributed by atoms with Crippen LogP contribution in [0.5, 0.6) is 5.75 Å². The summed E-state index contributed by atoms with van der Waals surface area (Å²) in [5.41, 5.74) is 2.26. The number of benzene rings is 1. The second-order valence-corrected chi connectivity index (χ2v) is 11.2. The third kappa shape index (κ3) is 8.33. The maximum atomic E-state index is 6.35. The minimum absolute atomic E-state index is 0.504. The first-order valence-corrected chi connectivity index (χ1v) is 14.9. The van der Waals surface area contributed by atoms with Crippen LogP contribution in [0.15, 0.2) is 36.5 Å². The minimum Gasteiger partial charge on any atom is -0.490 e. The highest BCUT2D eigenvalue weighted by atomic mass is 16.5. The third-order valence-electron chi connectivity index (χ3n) is 8.50. The van der Waals surface area contributed by atoms with Gasteiger partial charge in [0.25, 0.3) is 0 Å². The normalized spacial score (nSPS) is 20.8. The molecular weight excluding hydrogens is 428 g/mol. The number of hydrogen-bond acceptors (Lipinski definition) is 3. The lowest BCUT2D eigenvalue weighted by atomic mass is 9.78. The van der Waals surface area contributed by atoms with Crippen LogP contribution < -0.4 is 4.74 Å². The van der Waals surface area contributed by atoms with Gasteiger partial charge in [0, 0.05) is 11.5 Å². The highest BCUT2D eigenvalue weighted by molar-refractivity contribution is 5.55. The number of hydrogen-bond donors (Lipinski definition) is 0. The van der Waals surface area contributed by atoms with Crippen LogP contribution in [0.2, 0.25) is 0 Å². The van der Waals surface area contributed by atoms with Gasteiger partial charge in [0.2, 0.25) is 0 Å². The smallest absolute Gasteiger partial charge is 0.159 e. The molecule has 0 aliphatic heterocycles. The second-order valence-electron chi connectivity index (χ2n) is 11.2. The molecule has 2 aromatic rings. The van der Waals surface area contributed by atoms with E-state index in [4.69, 9.17) is 14.7 Å². The summed E-state index contributed by atoms with van der Waals surface area (Å²) in [6.07, 6.45) is 25.1. The van der Waals surface area contributed by atoms with E-state index in [0.29, 0.717) is 5.92 Å². The molecule has 2 aliphatic carbocycles. The van der Waals surface area contributed by atoms with Crippen molar-refractivity contribution < 1.29 is 4.74 Å². The molecular formula is C32H48N2O. The average molecular weight is 477 g/mol. The Morgan fingerprint density at radius 3 is 2.17 bits per heavy atom. The van der Waals surface area contributed by atoms with Gasteiger partial charge in [-0.3, -0.25) is 0 Å². The zero-order valence-electron chi connectivity index (χ0n) is 22.2. The van der Waals surface area contributed by atoms with Gasteiger partial charge in [0.05, 0.1) is 18.5 Å². The van der Waals surface area contributed by atoms with Crippen molar-refractivity contribution in [2.45, 2.75) is 122 Å². The van der Waals surface area contributed by atoms with Crippen LogP contribution in [-0.2, 0) is 0 Å². The van der Waals surface area contributed by atoms with E-state index in [-0.39, 0.29) is 0 Å². The van der Waals surface area contributed by atoms with Crippen molar-refractivity contribution in [2.75, 3.05) is 6.61 Å². The Labute approximate surface area is 214 Å². The van der Waals surface area contributed by atoms with E-state index in [0.717, 1.165) is 47.7 Å². The second kappa shape index (κ2) is 14.6. The molecule has 2 fully saturated rings. The lowest BCUT2D eigenvalue weighted by Crippen LogP contribution is -2.16. The van der Waals surface area contributed by atoms with Crippen LogP contribution >= 0.6 is 0 Å².